The highest BCUT2D eigenvalue weighted by molar-refractivity contribution is 5.64. The third-order valence-electron chi connectivity index (χ3n) is 4.09. The molecule has 0 unspecified atom stereocenters. The Hall–Kier alpha value is -1.37. The van der Waals surface area contributed by atoms with E-state index in [1.165, 1.54) is 36.8 Å². The van der Waals surface area contributed by atoms with Gasteiger partial charge in [0.1, 0.15) is 6.29 Å². The minimum Gasteiger partial charge on any atom is -0.299 e. The molecule has 0 bridgehead atoms. The maximum absolute atomic E-state index is 10.3. The third kappa shape index (κ3) is 3.32. The molecule has 0 atom stereocenters. The summed E-state index contributed by atoms with van der Waals surface area (Å²) in [6.45, 7) is 2.19. The minimum atomic E-state index is 0.612. The SMILES string of the molecule is CCc1ccc(C2CCC(C=CC=O)CC2)cc1. The third-order valence-corrected chi connectivity index (χ3v) is 4.09. The lowest BCUT2D eigenvalue weighted by atomic mass is 9.78. The number of allylic oxidation sites excluding steroid dienone is 2. The molecule has 1 aliphatic rings. The summed E-state index contributed by atoms with van der Waals surface area (Å²) in [6, 6.07) is 9.11. The lowest BCUT2D eigenvalue weighted by Crippen LogP contribution is -2.11. The molecule has 1 saturated carbocycles. The predicted octanol–water partition coefficient (Wildman–Crippen LogP) is 4.28. The van der Waals surface area contributed by atoms with Gasteiger partial charge in [-0.2, -0.15) is 0 Å². The summed E-state index contributed by atoms with van der Waals surface area (Å²) >= 11 is 0. The van der Waals surface area contributed by atoms with Crippen LogP contribution in [0, 0.1) is 5.92 Å². The van der Waals surface area contributed by atoms with Crippen molar-refractivity contribution in [2.75, 3.05) is 0 Å². The van der Waals surface area contributed by atoms with Crippen molar-refractivity contribution in [2.45, 2.75) is 44.9 Å². The van der Waals surface area contributed by atoms with Crippen molar-refractivity contribution in [2.24, 2.45) is 5.92 Å². The van der Waals surface area contributed by atoms with Crippen molar-refractivity contribution < 1.29 is 4.79 Å². The van der Waals surface area contributed by atoms with Gasteiger partial charge in [0.2, 0.25) is 0 Å². The first-order chi connectivity index (χ1) is 8.83. The van der Waals surface area contributed by atoms with E-state index >= 15 is 0 Å². The molecule has 0 heterocycles. The lowest BCUT2D eigenvalue weighted by molar-refractivity contribution is -0.104. The topological polar surface area (TPSA) is 17.1 Å². The number of benzene rings is 1. The first-order valence-corrected chi connectivity index (χ1v) is 7.04. The first kappa shape index (κ1) is 13.1. The van der Waals surface area contributed by atoms with Gasteiger partial charge in [0.25, 0.3) is 0 Å². The zero-order valence-corrected chi connectivity index (χ0v) is 11.1. The smallest absolute Gasteiger partial charge is 0.142 e. The van der Waals surface area contributed by atoms with Crippen molar-refractivity contribution in [3.8, 4) is 0 Å². The van der Waals surface area contributed by atoms with Crippen LogP contribution in [0.1, 0.15) is 49.7 Å². The summed E-state index contributed by atoms with van der Waals surface area (Å²) in [5, 5.41) is 0. The van der Waals surface area contributed by atoms with Gasteiger partial charge in [0, 0.05) is 0 Å². The van der Waals surface area contributed by atoms with Crippen molar-refractivity contribution in [3.63, 3.8) is 0 Å². The monoisotopic (exact) mass is 242 g/mol. The highest BCUT2D eigenvalue weighted by atomic mass is 16.1. The van der Waals surface area contributed by atoms with E-state index in [9.17, 15) is 4.79 Å². The normalized spacial score (nSPS) is 24.3. The van der Waals surface area contributed by atoms with Crippen LogP contribution in [0.25, 0.3) is 0 Å². The molecule has 1 nitrogen and oxygen atoms in total. The molecule has 1 aromatic carbocycles. The molecule has 0 aromatic heterocycles. The highest BCUT2D eigenvalue weighted by Gasteiger charge is 2.20. The van der Waals surface area contributed by atoms with Gasteiger partial charge in [-0.25, -0.2) is 0 Å². The summed E-state index contributed by atoms with van der Waals surface area (Å²) in [5.41, 5.74) is 2.91. The molecule has 0 aliphatic heterocycles. The van der Waals surface area contributed by atoms with Gasteiger partial charge in [0.05, 0.1) is 0 Å². The van der Waals surface area contributed by atoms with Crippen molar-refractivity contribution in [3.05, 3.63) is 47.5 Å². The van der Waals surface area contributed by atoms with Crippen LogP contribution >= 0.6 is 0 Å². The fourth-order valence-corrected chi connectivity index (χ4v) is 2.87. The van der Waals surface area contributed by atoms with E-state index in [-0.39, 0.29) is 0 Å². The van der Waals surface area contributed by atoms with Crippen molar-refractivity contribution in [1.29, 1.82) is 0 Å². The quantitative estimate of drug-likeness (QED) is 0.569. The standard InChI is InChI=1S/C17H22O/c1-2-14-5-9-16(10-6-14)17-11-7-15(8-12-17)4-3-13-18/h3-6,9-10,13,15,17H,2,7-8,11-12H2,1H3. The predicted molar refractivity (Wildman–Crippen MR) is 75.7 cm³/mol. The molecule has 1 fully saturated rings. The summed E-state index contributed by atoms with van der Waals surface area (Å²) in [4.78, 5) is 10.3. The van der Waals surface area contributed by atoms with Gasteiger partial charge in [-0.05, 0) is 61.1 Å². The number of rotatable bonds is 4. The molecule has 18 heavy (non-hydrogen) atoms. The Morgan fingerprint density at radius 3 is 2.33 bits per heavy atom. The number of aldehydes is 1. The van der Waals surface area contributed by atoms with Crippen molar-refractivity contribution >= 4 is 6.29 Å². The second kappa shape index (κ2) is 6.53. The Morgan fingerprint density at radius 1 is 1.11 bits per heavy atom. The van der Waals surface area contributed by atoms with Crippen LogP contribution in [0.5, 0.6) is 0 Å². The van der Waals surface area contributed by atoms with Crippen LogP contribution < -0.4 is 0 Å². The van der Waals surface area contributed by atoms with Crippen molar-refractivity contribution in [1.82, 2.24) is 0 Å². The van der Waals surface area contributed by atoms with E-state index in [1.807, 2.05) is 0 Å². The van der Waals surface area contributed by atoms with E-state index < -0.39 is 0 Å². The molecule has 0 radical (unpaired) electrons. The fourth-order valence-electron chi connectivity index (χ4n) is 2.87. The number of hydrogen-bond donors (Lipinski definition) is 0. The number of carbonyl (C=O) groups excluding carboxylic acids is 1. The average molecular weight is 242 g/mol. The van der Waals surface area contributed by atoms with Crippen LogP contribution in [-0.4, -0.2) is 6.29 Å². The Labute approximate surface area is 110 Å². The summed E-state index contributed by atoms with van der Waals surface area (Å²) in [7, 11) is 0. The van der Waals surface area contributed by atoms with E-state index in [4.69, 9.17) is 0 Å². The lowest BCUT2D eigenvalue weighted by Gasteiger charge is -2.27. The maximum Gasteiger partial charge on any atom is 0.142 e. The van der Waals surface area contributed by atoms with Crippen LogP contribution in [0.4, 0.5) is 0 Å². The zero-order valence-electron chi connectivity index (χ0n) is 11.1. The molecule has 0 spiro atoms. The van der Waals surface area contributed by atoms with Gasteiger partial charge in [-0.3, -0.25) is 4.79 Å². The second-order valence-electron chi connectivity index (χ2n) is 5.23. The molecule has 2 rings (SSSR count). The van der Waals surface area contributed by atoms with E-state index in [0.717, 1.165) is 18.6 Å². The molecule has 0 saturated heterocycles. The highest BCUT2D eigenvalue weighted by Crippen LogP contribution is 2.36. The van der Waals surface area contributed by atoms with Gasteiger partial charge in [-0.15, -0.1) is 0 Å². The fraction of sp³-hybridized carbons (Fsp3) is 0.471. The molecule has 96 valence electrons. The van der Waals surface area contributed by atoms with Gasteiger partial charge in [0.15, 0.2) is 0 Å². The molecule has 0 amide bonds. The van der Waals surface area contributed by atoms with Crippen LogP contribution in [-0.2, 0) is 11.2 Å². The summed E-state index contributed by atoms with van der Waals surface area (Å²) < 4.78 is 0. The van der Waals surface area contributed by atoms with E-state index in [0.29, 0.717) is 5.92 Å². The maximum atomic E-state index is 10.3. The average Bonchev–Trinajstić information content (AvgIpc) is 2.46. The molecule has 0 N–H and O–H groups in total. The number of hydrogen-bond acceptors (Lipinski definition) is 1. The first-order valence-electron chi connectivity index (χ1n) is 7.04. The Morgan fingerprint density at radius 2 is 1.78 bits per heavy atom. The number of carbonyl (C=O) groups is 1. The molecular formula is C17H22O. The Bertz CT molecular complexity index is 394. The summed E-state index contributed by atoms with van der Waals surface area (Å²) in [5.74, 6) is 1.33. The van der Waals surface area contributed by atoms with Crippen LogP contribution in [0.2, 0.25) is 0 Å². The molecule has 1 heteroatoms. The minimum absolute atomic E-state index is 0.612. The van der Waals surface area contributed by atoms with Gasteiger partial charge < -0.3 is 0 Å². The Kier molecular flexibility index (Phi) is 4.74. The molecular weight excluding hydrogens is 220 g/mol. The Balaban J connectivity index is 1.92. The largest absolute Gasteiger partial charge is 0.299 e. The zero-order chi connectivity index (χ0) is 12.8. The number of aryl methyl sites for hydroxylation is 1. The molecule has 1 aliphatic carbocycles. The summed E-state index contributed by atoms with van der Waals surface area (Å²) in [6.07, 6.45) is 10.7. The second-order valence-corrected chi connectivity index (χ2v) is 5.23. The molecule has 1 aromatic rings. The van der Waals surface area contributed by atoms with Gasteiger partial charge >= 0.3 is 0 Å². The van der Waals surface area contributed by atoms with E-state index in [2.05, 4.69) is 37.3 Å². The van der Waals surface area contributed by atoms with Gasteiger partial charge in [-0.1, -0.05) is 37.3 Å². The van der Waals surface area contributed by atoms with Crippen LogP contribution in [0.15, 0.2) is 36.4 Å². The van der Waals surface area contributed by atoms with E-state index in [1.54, 1.807) is 6.08 Å². The van der Waals surface area contributed by atoms with Crippen LogP contribution in [0.3, 0.4) is 0 Å².